The van der Waals surface area contributed by atoms with Gasteiger partial charge < -0.3 is 5.32 Å². The average molecular weight is 255 g/mol. The van der Waals surface area contributed by atoms with Gasteiger partial charge in [0.15, 0.2) is 9.84 Å². The third-order valence-electron chi connectivity index (χ3n) is 2.05. The smallest absolute Gasteiger partial charge is 0.151 e. The summed E-state index contributed by atoms with van der Waals surface area (Å²) < 4.78 is 33.3. The number of hydrogen-bond acceptors (Lipinski definition) is 4. The first-order valence-electron chi connectivity index (χ1n) is 5.11. The largest absolute Gasteiger partial charge is 0.313 e. The monoisotopic (exact) mass is 255 g/mol. The van der Waals surface area contributed by atoms with Crippen LogP contribution in [0.15, 0.2) is 0 Å². The standard InChI is InChI=1S/C9H21NO3S2/c1-4-15(12,13)8-9(2)10-6-5-7-14(3)11/h9-10H,4-8H2,1-3H3. The molecule has 0 aliphatic carbocycles. The molecule has 0 aliphatic rings. The van der Waals surface area contributed by atoms with Gasteiger partial charge in [-0.1, -0.05) is 6.92 Å². The number of rotatable bonds is 8. The molecule has 6 heteroatoms. The molecule has 0 heterocycles. The van der Waals surface area contributed by atoms with Crippen LogP contribution in [0.1, 0.15) is 20.3 Å². The molecule has 0 aliphatic heterocycles. The van der Waals surface area contributed by atoms with Gasteiger partial charge in [-0.2, -0.15) is 0 Å². The van der Waals surface area contributed by atoms with Crippen LogP contribution in [0.2, 0.25) is 0 Å². The highest BCUT2D eigenvalue weighted by Gasteiger charge is 2.12. The summed E-state index contributed by atoms with van der Waals surface area (Å²) in [4.78, 5) is 0. The zero-order valence-corrected chi connectivity index (χ0v) is 11.3. The van der Waals surface area contributed by atoms with Crippen LogP contribution in [0.4, 0.5) is 0 Å². The fourth-order valence-electron chi connectivity index (χ4n) is 1.18. The van der Waals surface area contributed by atoms with Gasteiger partial charge in [0, 0.05) is 34.6 Å². The SMILES string of the molecule is CCS(=O)(=O)CC(C)NCCCS(C)=O. The molecule has 0 aromatic rings. The summed E-state index contributed by atoms with van der Waals surface area (Å²) in [5.41, 5.74) is 0. The molecular weight excluding hydrogens is 234 g/mol. The normalized spacial score (nSPS) is 16.2. The minimum absolute atomic E-state index is 0.0276. The van der Waals surface area contributed by atoms with Crippen molar-refractivity contribution < 1.29 is 12.6 Å². The summed E-state index contributed by atoms with van der Waals surface area (Å²) in [6, 6.07) is -0.0276. The van der Waals surface area contributed by atoms with Crippen molar-refractivity contribution in [2.45, 2.75) is 26.3 Å². The fourth-order valence-corrected chi connectivity index (χ4v) is 2.85. The van der Waals surface area contributed by atoms with Gasteiger partial charge in [0.05, 0.1) is 5.75 Å². The van der Waals surface area contributed by atoms with Crippen molar-refractivity contribution in [3.8, 4) is 0 Å². The molecule has 1 N–H and O–H groups in total. The summed E-state index contributed by atoms with van der Waals surface area (Å²) in [6.07, 6.45) is 2.49. The van der Waals surface area contributed by atoms with Crippen molar-refractivity contribution in [3.05, 3.63) is 0 Å². The first-order valence-corrected chi connectivity index (χ1v) is 8.66. The van der Waals surface area contributed by atoms with E-state index in [0.29, 0.717) is 5.75 Å². The molecule has 0 bridgehead atoms. The van der Waals surface area contributed by atoms with Gasteiger partial charge in [-0.15, -0.1) is 0 Å². The molecule has 4 nitrogen and oxygen atoms in total. The van der Waals surface area contributed by atoms with E-state index < -0.39 is 20.6 Å². The van der Waals surface area contributed by atoms with E-state index in [9.17, 15) is 12.6 Å². The number of nitrogens with one attached hydrogen (secondary N) is 1. The highest BCUT2D eigenvalue weighted by Crippen LogP contribution is 1.94. The van der Waals surface area contributed by atoms with Crippen LogP contribution in [-0.2, 0) is 20.6 Å². The Kier molecular flexibility index (Phi) is 7.38. The Labute approximate surface area is 95.2 Å². The summed E-state index contributed by atoms with van der Waals surface area (Å²) in [7, 11) is -3.65. The van der Waals surface area contributed by atoms with E-state index in [4.69, 9.17) is 0 Å². The molecule has 0 spiro atoms. The lowest BCUT2D eigenvalue weighted by Gasteiger charge is -2.12. The summed E-state index contributed by atoms with van der Waals surface area (Å²) in [5, 5.41) is 3.11. The second-order valence-corrected chi connectivity index (χ2v) is 7.64. The van der Waals surface area contributed by atoms with Crippen molar-refractivity contribution in [1.82, 2.24) is 5.32 Å². The Morgan fingerprint density at radius 3 is 2.47 bits per heavy atom. The van der Waals surface area contributed by atoms with Crippen molar-refractivity contribution in [1.29, 1.82) is 0 Å². The Morgan fingerprint density at radius 1 is 1.40 bits per heavy atom. The molecule has 0 aromatic carbocycles. The molecule has 92 valence electrons. The highest BCUT2D eigenvalue weighted by atomic mass is 32.2. The minimum Gasteiger partial charge on any atom is -0.313 e. The van der Waals surface area contributed by atoms with Crippen LogP contribution in [0, 0.1) is 0 Å². The van der Waals surface area contributed by atoms with Gasteiger partial charge in [-0.25, -0.2) is 8.42 Å². The average Bonchev–Trinajstić information content (AvgIpc) is 2.11. The maximum atomic E-state index is 11.3. The van der Waals surface area contributed by atoms with Crippen LogP contribution in [0.25, 0.3) is 0 Å². The third-order valence-corrected chi connectivity index (χ3v) is 4.80. The van der Waals surface area contributed by atoms with E-state index in [1.54, 1.807) is 13.2 Å². The Morgan fingerprint density at radius 2 is 2.00 bits per heavy atom. The van der Waals surface area contributed by atoms with Crippen molar-refractivity contribution >= 4 is 20.6 Å². The maximum absolute atomic E-state index is 11.3. The van der Waals surface area contributed by atoms with Gasteiger partial charge in [-0.3, -0.25) is 4.21 Å². The molecule has 0 saturated carbocycles. The second kappa shape index (κ2) is 7.35. The maximum Gasteiger partial charge on any atom is 0.151 e. The zero-order valence-electron chi connectivity index (χ0n) is 9.65. The Balaban J connectivity index is 3.67. The Bertz CT molecular complexity index is 288. The molecule has 0 fully saturated rings. The van der Waals surface area contributed by atoms with Crippen LogP contribution in [-0.4, -0.2) is 48.7 Å². The number of hydrogen-bond donors (Lipinski definition) is 1. The van der Waals surface area contributed by atoms with Crippen molar-refractivity contribution in [2.24, 2.45) is 0 Å². The van der Waals surface area contributed by atoms with E-state index >= 15 is 0 Å². The summed E-state index contributed by atoms with van der Waals surface area (Å²) in [5.74, 6) is 1.04. The topological polar surface area (TPSA) is 63.2 Å². The predicted octanol–water partition coefficient (Wildman–Crippen LogP) is 0.168. The van der Waals surface area contributed by atoms with Crippen LogP contribution >= 0.6 is 0 Å². The van der Waals surface area contributed by atoms with Crippen LogP contribution in [0.5, 0.6) is 0 Å². The molecule has 0 saturated heterocycles. The van der Waals surface area contributed by atoms with Gasteiger partial charge in [-0.05, 0) is 19.9 Å². The third kappa shape index (κ3) is 9.02. The molecular formula is C9H21NO3S2. The molecule has 2 unspecified atom stereocenters. The number of sulfone groups is 1. The quantitative estimate of drug-likeness (QED) is 0.628. The molecule has 0 amide bonds. The van der Waals surface area contributed by atoms with E-state index in [-0.39, 0.29) is 17.5 Å². The molecule has 2 atom stereocenters. The molecule has 0 aromatic heterocycles. The first kappa shape index (κ1) is 15.1. The van der Waals surface area contributed by atoms with E-state index in [0.717, 1.165) is 13.0 Å². The molecule has 15 heavy (non-hydrogen) atoms. The molecule has 0 radical (unpaired) electrons. The van der Waals surface area contributed by atoms with Gasteiger partial charge in [0.1, 0.15) is 0 Å². The van der Waals surface area contributed by atoms with Crippen molar-refractivity contribution in [3.63, 3.8) is 0 Å². The van der Waals surface area contributed by atoms with Crippen molar-refractivity contribution in [2.75, 3.05) is 30.1 Å². The Hall–Kier alpha value is 0.0600. The van der Waals surface area contributed by atoms with Crippen LogP contribution in [0.3, 0.4) is 0 Å². The lowest BCUT2D eigenvalue weighted by molar-refractivity contribution is 0.555. The van der Waals surface area contributed by atoms with E-state index in [2.05, 4.69) is 5.32 Å². The van der Waals surface area contributed by atoms with Gasteiger partial charge in [0.25, 0.3) is 0 Å². The summed E-state index contributed by atoms with van der Waals surface area (Å²) >= 11 is 0. The fraction of sp³-hybridized carbons (Fsp3) is 1.00. The van der Waals surface area contributed by atoms with E-state index in [1.165, 1.54) is 0 Å². The van der Waals surface area contributed by atoms with Gasteiger partial charge >= 0.3 is 0 Å². The van der Waals surface area contributed by atoms with E-state index in [1.807, 2.05) is 6.92 Å². The first-order chi connectivity index (χ1) is 6.87. The summed E-state index contributed by atoms with van der Waals surface area (Å²) in [6.45, 7) is 4.23. The predicted molar refractivity (Wildman–Crippen MR) is 65.3 cm³/mol. The van der Waals surface area contributed by atoms with Crippen LogP contribution < -0.4 is 5.32 Å². The minimum atomic E-state index is -2.89. The van der Waals surface area contributed by atoms with Gasteiger partial charge in [0.2, 0.25) is 0 Å². The second-order valence-electron chi connectivity index (χ2n) is 3.68. The lowest BCUT2D eigenvalue weighted by Crippen LogP contribution is -2.34. The molecule has 0 rings (SSSR count). The highest BCUT2D eigenvalue weighted by molar-refractivity contribution is 7.91. The lowest BCUT2D eigenvalue weighted by atomic mass is 10.3. The zero-order chi connectivity index (χ0) is 11.9.